The molecule has 1 atom stereocenters. The first-order chi connectivity index (χ1) is 7.38. The van der Waals surface area contributed by atoms with Gasteiger partial charge in [-0.05, 0) is 14.1 Å². The molecule has 1 aromatic heterocycles. The Morgan fingerprint density at radius 3 is 2.69 bits per heavy atom. The second kappa shape index (κ2) is 3.77. The molecule has 1 aliphatic heterocycles. The minimum atomic E-state index is 0.0846. The lowest BCUT2D eigenvalue weighted by Crippen LogP contribution is -2.41. The normalized spacial score (nSPS) is 20.8. The van der Waals surface area contributed by atoms with Gasteiger partial charge in [0.25, 0.3) is 0 Å². The third-order valence-corrected chi connectivity index (χ3v) is 3.05. The number of nitrogens with zero attached hydrogens (tertiary/aromatic N) is 3. The monoisotopic (exact) mass is 223 g/mol. The second-order valence-electron chi connectivity index (χ2n) is 5.73. The minimum Gasteiger partial charge on any atom is -0.476 e. The summed E-state index contributed by atoms with van der Waals surface area (Å²) in [6.07, 6.45) is 0. The maximum absolute atomic E-state index is 5.73. The number of fused-ring (bicyclic) bond motifs is 1. The predicted molar refractivity (Wildman–Crippen MR) is 63.9 cm³/mol. The number of ether oxygens (including phenoxy) is 1. The van der Waals surface area contributed by atoms with Crippen molar-refractivity contribution >= 4 is 0 Å². The molecular weight excluding hydrogens is 202 g/mol. The van der Waals surface area contributed by atoms with Crippen LogP contribution in [0.15, 0.2) is 6.07 Å². The second-order valence-corrected chi connectivity index (χ2v) is 5.73. The van der Waals surface area contributed by atoms with E-state index in [2.05, 4.69) is 50.9 Å². The third-order valence-electron chi connectivity index (χ3n) is 3.05. The van der Waals surface area contributed by atoms with Crippen molar-refractivity contribution in [2.24, 2.45) is 0 Å². The number of rotatable bonds is 1. The first-order valence-corrected chi connectivity index (χ1v) is 5.75. The summed E-state index contributed by atoms with van der Waals surface area (Å²) < 4.78 is 7.71. The van der Waals surface area contributed by atoms with Gasteiger partial charge >= 0.3 is 0 Å². The van der Waals surface area contributed by atoms with Crippen LogP contribution in [0.2, 0.25) is 0 Å². The van der Waals surface area contributed by atoms with Crippen LogP contribution in [0.5, 0.6) is 5.88 Å². The van der Waals surface area contributed by atoms with Gasteiger partial charge in [-0.2, -0.15) is 5.10 Å². The molecule has 4 heteroatoms. The highest BCUT2D eigenvalue weighted by atomic mass is 16.5. The van der Waals surface area contributed by atoms with E-state index in [1.54, 1.807) is 0 Å². The van der Waals surface area contributed by atoms with Crippen molar-refractivity contribution < 1.29 is 4.74 Å². The summed E-state index contributed by atoms with van der Waals surface area (Å²) in [5.74, 6) is 0.906. The van der Waals surface area contributed by atoms with E-state index in [1.807, 2.05) is 4.68 Å². The average Bonchev–Trinajstić information content (AvgIpc) is 2.58. The summed E-state index contributed by atoms with van der Waals surface area (Å²) in [6.45, 7) is 8.18. The summed E-state index contributed by atoms with van der Waals surface area (Å²) in [6, 6.07) is 2.48. The van der Waals surface area contributed by atoms with Crippen LogP contribution in [0.25, 0.3) is 0 Å². The van der Waals surface area contributed by atoms with E-state index >= 15 is 0 Å². The molecule has 0 saturated carbocycles. The van der Waals surface area contributed by atoms with Crippen molar-refractivity contribution in [1.29, 1.82) is 0 Å². The largest absolute Gasteiger partial charge is 0.476 e. The van der Waals surface area contributed by atoms with Crippen molar-refractivity contribution in [1.82, 2.24) is 14.7 Å². The van der Waals surface area contributed by atoms with E-state index in [0.29, 0.717) is 6.04 Å². The summed E-state index contributed by atoms with van der Waals surface area (Å²) in [4.78, 5) is 2.18. The van der Waals surface area contributed by atoms with E-state index < -0.39 is 0 Å². The van der Waals surface area contributed by atoms with Crippen LogP contribution < -0.4 is 4.74 Å². The Kier molecular flexibility index (Phi) is 2.70. The molecule has 0 spiro atoms. The van der Waals surface area contributed by atoms with Gasteiger partial charge in [-0.15, -0.1) is 0 Å². The van der Waals surface area contributed by atoms with Gasteiger partial charge in [0, 0.05) is 11.5 Å². The zero-order chi connectivity index (χ0) is 11.9. The molecule has 0 unspecified atom stereocenters. The van der Waals surface area contributed by atoms with E-state index in [4.69, 9.17) is 4.74 Å². The summed E-state index contributed by atoms with van der Waals surface area (Å²) in [5.41, 5.74) is 1.18. The number of hydrogen-bond acceptors (Lipinski definition) is 3. The van der Waals surface area contributed by atoms with Crippen LogP contribution >= 0.6 is 0 Å². The summed E-state index contributed by atoms with van der Waals surface area (Å²) >= 11 is 0. The first kappa shape index (κ1) is 11.5. The van der Waals surface area contributed by atoms with Crippen LogP contribution in [0.4, 0.5) is 0 Å². The Hall–Kier alpha value is -1.03. The van der Waals surface area contributed by atoms with Gasteiger partial charge in [0.2, 0.25) is 5.88 Å². The van der Waals surface area contributed by atoms with E-state index in [9.17, 15) is 0 Å². The molecule has 0 fully saturated rings. The van der Waals surface area contributed by atoms with Crippen LogP contribution in [-0.4, -0.2) is 41.4 Å². The Morgan fingerprint density at radius 1 is 1.44 bits per heavy atom. The molecule has 0 aliphatic carbocycles. The average molecular weight is 223 g/mol. The molecule has 0 amide bonds. The SMILES string of the molecule is CN(C)[C@H]1COc2cc(C(C)(C)C)nn2C1. The molecule has 0 radical (unpaired) electrons. The molecule has 0 saturated heterocycles. The minimum absolute atomic E-state index is 0.0846. The Bertz CT molecular complexity index is 376. The first-order valence-electron chi connectivity index (χ1n) is 5.75. The van der Waals surface area contributed by atoms with Gasteiger partial charge in [-0.1, -0.05) is 20.8 Å². The number of aromatic nitrogens is 2. The number of likely N-dealkylation sites (N-methyl/N-ethyl adjacent to an activating group) is 1. The van der Waals surface area contributed by atoms with E-state index in [1.165, 1.54) is 0 Å². The standard InChI is InChI=1S/C12H21N3O/c1-12(2,3)10-6-11-15(13-10)7-9(8-16-11)14(4)5/h6,9H,7-8H2,1-5H3/t9-/m1/s1. The zero-order valence-corrected chi connectivity index (χ0v) is 10.8. The van der Waals surface area contributed by atoms with Gasteiger partial charge in [0.1, 0.15) is 6.61 Å². The predicted octanol–water partition coefficient (Wildman–Crippen LogP) is 1.50. The summed E-state index contributed by atoms with van der Waals surface area (Å²) in [7, 11) is 4.15. The molecular formula is C12H21N3O. The van der Waals surface area contributed by atoms with Crippen LogP contribution in [0, 0.1) is 0 Å². The van der Waals surface area contributed by atoms with E-state index in [0.717, 1.165) is 24.7 Å². The van der Waals surface area contributed by atoms with Crippen molar-refractivity contribution in [3.8, 4) is 5.88 Å². The maximum atomic E-state index is 5.73. The lowest BCUT2D eigenvalue weighted by Gasteiger charge is -2.28. The molecule has 0 bridgehead atoms. The third kappa shape index (κ3) is 2.07. The number of hydrogen-bond donors (Lipinski definition) is 0. The van der Waals surface area contributed by atoms with Crippen LogP contribution in [0.3, 0.4) is 0 Å². The zero-order valence-electron chi connectivity index (χ0n) is 10.8. The Labute approximate surface area is 97.2 Å². The van der Waals surface area contributed by atoms with Gasteiger partial charge in [-0.3, -0.25) is 0 Å². The molecule has 1 aliphatic rings. The van der Waals surface area contributed by atoms with Gasteiger partial charge < -0.3 is 9.64 Å². The molecule has 1 aromatic rings. The molecule has 0 N–H and O–H groups in total. The van der Waals surface area contributed by atoms with Crippen molar-refractivity contribution in [2.45, 2.75) is 38.8 Å². The van der Waals surface area contributed by atoms with Gasteiger partial charge in [-0.25, -0.2) is 4.68 Å². The highest BCUT2D eigenvalue weighted by Gasteiger charge is 2.26. The molecule has 4 nitrogen and oxygen atoms in total. The Balaban J connectivity index is 2.23. The van der Waals surface area contributed by atoms with Crippen molar-refractivity contribution in [3.63, 3.8) is 0 Å². The van der Waals surface area contributed by atoms with Crippen LogP contribution in [0.1, 0.15) is 26.5 Å². The molecule has 0 aromatic carbocycles. The highest BCUT2D eigenvalue weighted by molar-refractivity contribution is 5.23. The van der Waals surface area contributed by atoms with Crippen LogP contribution in [-0.2, 0) is 12.0 Å². The van der Waals surface area contributed by atoms with Gasteiger partial charge in [0.15, 0.2) is 0 Å². The quantitative estimate of drug-likeness (QED) is 0.723. The molecule has 16 heavy (non-hydrogen) atoms. The van der Waals surface area contributed by atoms with Crippen molar-refractivity contribution in [2.75, 3.05) is 20.7 Å². The lowest BCUT2D eigenvalue weighted by atomic mass is 9.93. The topological polar surface area (TPSA) is 30.3 Å². The molecule has 2 heterocycles. The fourth-order valence-electron chi connectivity index (χ4n) is 1.76. The highest BCUT2D eigenvalue weighted by Crippen LogP contribution is 2.27. The summed E-state index contributed by atoms with van der Waals surface area (Å²) in [5, 5.41) is 4.62. The fraction of sp³-hybridized carbons (Fsp3) is 0.750. The molecule has 90 valence electrons. The lowest BCUT2D eigenvalue weighted by molar-refractivity contribution is 0.120. The van der Waals surface area contributed by atoms with E-state index in [-0.39, 0.29) is 5.41 Å². The Morgan fingerprint density at radius 2 is 2.12 bits per heavy atom. The van der Waals surface area contributed by atoms with Gasteiger partial charge in [0.05, 0.1) is 18.3 Å². The molecule has 2 rings (SSSR count). The fourth-order valence-corrected chi connectivity index (χ4v) is 1.76. The maximum Gasteiger partial charge on any atom is 0.212 e. The smallest absolute Gasteiger partial charge is 0.212 e. The van der Waals surface area contributed by atoms with Crippen molar-refractivity contribution in [3.05, 3.63) is 11.8 Å².